The minimum Gasteiger partial charge on any atom is -0.487 e. The number of aromatic nitrogens is 3. The van der Waals surface area contributed by atoms with Gasteiger partial charge in [-0.1, -0.05) is 0 Å². The molecule has 86 valence electrons. The number of rotatable bonds is 3. The maximum Gasteiger partial charge on any atom is 0.132 e. The maximum atomic E-state index is 5.69. The summed E-state index contributed by atoms with van der Waals surface area (Å²) in [7, 11) is 1.90. The zero-order chi connectivity index (χ0) is 11.7. The second-order valence-electron chi connectivity index (χ2n) is 4.00. The molecule has 2 heterocycles. The summed E-state index contributed by atoms with van der Waals surface area (Å²) in [6.07, 6.45) is 3.83. The molecular formula is C13H13N3O. The second-order valence-corrected chi connectivity index (χ2v) is 4.00. The zero-order valence-electron chi connectivity index (χ0n) is 9.55. The molecule has 1 aromatic carbocycles. The molecule has 0 amide bonds. The smallest absolute Gasteiger partial charge is 0.132 e. The van der Waals surface area contributed by atoms with Crippen LogP contribution in [-0.2, 0) is 13.7 Å². The molecule has 0 spiro atoms. The molecule has 17 heavy (non-hydrogen) atoms. The van der Waals surface area contributed by atoms with Crippen LogP contribution in [0.15, 0.2) is 42.7 Å². The topological polar surface area (TPSA) is 42.8 Å². The second kappa shape index (κ2) is 3.97. The number of benzene rings is 1. The van der Waals surface area contributed by atoms with E-state index in [1.54, 1.807) is 4.68 Å². The lowest BCUT2D eigenvalue weighted by atomic mass is 10.2. The van der Waals surface area contributed by atoms with Gasteiger partial charge in [-0.2, -0.15) is 5.10 Å². The Labute approximate surface area is 98.8 Å². The highest BCUT2D eigenvalue weighted by atomic mass is 16.5. The van der Waals surface area contributed by atoms with Gasteiger partial charge in [0.25, 0.3) is 0 Å². The molecule has 3 rings (SSSR count). The summed E-state index contributed by atoms with van der Waals surface area (Å²) in [4.78, 5) is 3.15. The lowest BCUT2D eigenvalue weighted by Gasteiger charge is -2.04. The van der Waals surface area contributed by atoms with Crippen molar-refractivity contribution < 1.29 is 4.74 Å². The lowest BCUT2D eigenvalue weighted by molar-refractivity contribution is 0.300. The summed E-state index contributed by atoms with van der Waals surface area (Å²) >= 11 is 0. The van der Waals surface area contributed by atoms with Gasteiger partial charge in [-0.3, -0.25) is 4.68 Å². The zero-order valence-corrected chi connectivity index (χ0v) is 9.55. The van der Waals surface area contributed by atoms with Crippen molar-refractivity contribution in [1.82, 2.24) is 14.8 Å². The molecule has 2 aromatic heterocycles. The highest BCUT2D eigenvalue weighted by Crippen LogP contribution is 2.20. The van der Waals surface area contributed by atoms with Crippen molar-refractivity contribution in [3.63, 3.8) is 0 Å². The van der Waals surface area contributed by atoms with Gasteiger partial charge in [0.05, 0.1) is 5.69 Å². The first kappa shape index (κ1) is 9.96. The number of nitrogens with zero attached hydrogens (tertiary/aromatic N) is 2. The van der Waals surface area contributed by atoms with Crippen LogP contribution in [0.1, 0.15) is 5.69 Å². The Bertz CT molecular complexity index is 639. The van der Waals surface area contributed by atoms with E-state index in [0.29, 0.717) is 6.61 Å². The van der Waals surface area contributed by atoms with Crippen LogP contribution in [0.4, 0.5) is 0 Å². The summed E-state index contributed by atoms with van der Waals surface area (Å²) in [6.45, 7) is 0.497. The third kappa shape index (κ3) is 2.01. The molecule has 0 saturated heterocycles. The van der Waals surface area contributed by atoms with Crippen LogP contribution in [-0.4, -0.2) is 14.8 Å². The van der Waals surface area contributed by atoms with Crippen LogP contribution in [0.5, 0.6) is 5.75 Å². The van der Waals surface area contributed by atoms with E-state index >= 15 is 0 Å². The molecular weight excluding hydrogens is 214 g/mol. The van der Waals surface area contributed by atoms with Gasteiger partial charge < -0.3 is 9.72 Å². The normalized spacial score (nSPS) is 10.9. The first-order valence-electron chi connectivity index (χ1n) is 5.50. The van der Waals surface area contributed by atoms with Gasteiger partial charge in [-0.25, -0.2) is 0 Å². The quantitative estimate of drug-likeness (QED) is 0.747. The third-order valence-electron chi connectivity index (χ3n) is 2.68. The van der Waals surface area contributed by atoms with Gasteiger partial charge in [0.1, 0.15) is 12.4 Å². The minimum atomic E-state index is 0.497. The van der Waals surface area contributed by atoms with Crippen molar-refractivity contribution >= 4 is 10.9 Å². The standard InChI is InChI=1S/C13H13N3O/c1-16-7-5-11(15-16)9-17-12-2-3-13-10(8-12)4-6-14-13/h2-8,14H,9H2,1H3. The summed E-state index contributed by atoms with van der Waals surface area (Å²) in [5, 5.41) is 5.42. The molecule has 0 aliphatic carbocycles. The van der Waals surface area contributed by atoms with Crippen molar-refractivity contribution in [3.8, 4) is 5.75 Å². The Kier molecular flexibility index (Phi) is 2.33. The van der Waals surface area contributed by atoms with Crippen molar-refractivity contribution in [1.29, 1.82) is 0 Å². The predicted octanol–water partition coefficient (Wildman–Crippen LogP) is 2.48. The predicted molar refractivity (Wildman–Crippen MR) is 65.8 cm³/mol. The highest BCUT2D eigenvalue weighted by Gasteiger charge is 2.00. The van der Waals surface area contributed by atoms with Crippen molar-refractivity contribution in [2.75, 3.05) is 0 Å². The average Bonchev–Trinajstić information content (AvgIpc) is 2.94. The molecule has 4 nitrogen and oxygen atoms in total. The molecule has 0 aliphatic rings. The van der Waals surface area contributed by atoms with E-state index in [1.165, 1.54) is 0 Å². The van der Waals surface area contributed by atoms with Gasteiger partial charge in [0.15, 0.2) is 0 Å². The number of hydrogen-bond donors (Lipinski definition) is 1. The fourth-order valence-electron chi connectivity index (χ4n) is 1.82. The Morgan fingerprint density at radius 2 is 2.24 bits per heavy atom. The van der Waals surface area contributed by atoms with Crippen LogP contribution < -0.4 is 4.74 Å². The van der Waals surface area contributed by atoms with Crippen molar-refractivity contribution in [2.45, 2.75) is 6.61 Å². The van der Waals surface area contributed by atoms with Crippen LogP contribution >= 0.6 is 0 Å². The summed E-state index contributed by atoms with van der Waals surface area (Å²) in [5.41, 5.74) is 2.05. The number of ether oxygens (including phenoxy) is 1. The number of fused-ring (bicyclic) bond motifs is 1. The van der Waals surface area contributed by atoms with E-state index in [1.807, 2.05) is 49.8 Å². The highest BCUT2D eigenvalue weighted by molar-refractivity contribution is 5.80. The number of H-pyrrole nitrogens is 1. The largest absolute Gasteiger partial charge is 0.487 e. The van der Waals surface area contributed by atoms with E-state index < -0.39 is 0 Å². The average molecular weight is 227 g/mol. The van der Waals surface area contributed by atoms with Crippen LogP contribution in [0.3, 0.4) is 0 Å². The first-order valence-corrected chi connectivity index (χ1v) is 5.50. The van der Waals surface area contributed by atoms with Crippen LogP contribution in [0.25, 0.3) is 10.9 Å². The molecule has 0 saturated carbocycles. The van der Waals surface area contributed by atoms with E-state index in [0.717, 1.165) is 22.3 Å². The fourth-order valence-corrected chi connectivity index (χ4v) is 1.82. The molecule has 1 N–H and O–H groups in total. The number of aryl methyl sites for hydroxylation is 1. The van der Waals surface area contributed by atoms with Gasteiger partial charge in [0.2, 0.25) is 0 Å². The molecule has 0 aliphatic heterocycles. The van der Waals surface area contributed by atoms with Crippen molar-refractivity contribution in [3.05, 3.63) is 48.4 Å². The van der Waals surface area contributed by atoms with Crippen LogP contribution in [0, 0.1) is 0 Å². The maximum absolute atomic E-state index is 5.69. The van der Waals surface area contributed by atoms with Crippen molar-refractivity contribution in [2.24, 2.45) is 7.05 Å². The Morgan fingerprint density at radius 1 is 1.29 bits per heavy atom. The van der Waals surface area contributed by atoms with E-state index in [2.05, 4.69) is 10.1 Å². The van der Waals surface area contributed by atoms with E-state index in [4.69, 9.17) is 4.74 Å². The fraction of sp³-hybridized carbons (Fsp3) is 0.154. The number of nitrogens with one attached hydrogen (secondary N) is 1. The van der Waals surface area contributed by atoms with Crippen LogP contribution in [0.2, 0.25) is 0 Å². The Balaban J connectivity index is 1.76. The lowest BCUT2D eigenvalue weighted by Crippen LogP contribution is -1.97. The molecule has 0 bridgehead atoms. The van der Waals surface area contributed by atoms with Gasteiger partial charge in [-0.05, 0) is 30.3 Å². The van der Waals surface area contributed by atoms with Gasteiger partial charge in [0, 0.05) is 30.3 Å². The molecule has 0 radical (unpaired) electrons. The third-order valence-corrected chi connectivity index (χ3v) is 2.68. The van der Waals surface area contributed by atoms with E-state index in [9.17, 15) is 0 Å². The van der Waals surface area contributed by atoms with E-state index in [-0.39, 0.29) is 0 Å². The molecule has 4 heteroatoms. The molecule has 0 unspecified atom stereocenters. The van der Waals surface area contributed by atoms with Gasteiger partial charge >= 0.3 is 0 Å². The molecule has 0 fully saturated rings. The Hall–Kier alpha value is -2.23. The molecule has 0 atom stereocenters. The number of aromatic amines is 1. The first-order chi connectivity index (χ1) is 8.31. The SMILES string of the molecule is Cn1ccc(COc2ccc3[nH]ccc3c2)n1. The molecule has 3 aromatic rings. The number of hydrogen-bond acceptors (Lipinski definition) is 2. The monoisotopic (exact) mass is 227 g/mol. The Morgan fingerprint density at radius 3 is 3.06 bits per heavy atom. The van der Waals surface area contributed by atoms with Gasteiger partial charge in [-0.15, -0.1) is 0 Å². The minimum absolute atomic E-state index is 0.497. The summed E-state index contributed by atoms with van der Waals surface area (Å²) in [6, 6.07) is 9.98. The summed E-state index contributed by atoms with van der Waals surface area (Å²) in [5.74, 6) is 0.864. The summed E-state index contributed by atoms with van der Waals surface area (Å²) < 4.78 is 7.47.